The third kappa shape index (κ3) is 6.89. The van der Waals surface area contributed by atoms with E-state index in [9.17, 15) is 4.79 Å². The van der Waals surface area contributed by atoms with Crippen LogP contribution in [0.25, 0.3) is 0 Å². The van der Waals surface area contributed by atoms with E-state index in [4.69, 9.17) is 31.2 Å². The number of hydrogen-bond acceptors (Lipinski definition) is 7. The van der Waals surface area contributed by atoms with Gasteiger partial charge in [0.15, 0.2) is 11.5 Å². The first kappa shape index (κ1) is 31.5. The van der Waals surface area contributed by atoms with E-state index in [0.717, 1.165) is 34.4 Å². The Bertz CT molecular complexity index is 1700. The first-order valence-corrected chi connectivity index (χ1v) is 16.0. The van der Waals surface area contributed by atoms with E-state index in [2.05, 4.69) is 24.5 Å². The third-order valence-corrected chi connectivity index (χ3v) is 8.96. The number of aromatic nitrogens is 3. The van der Waals surface area contributed by atoms with Gasteiger partial charge in [-0.2, -0.15) is 4.98 Å². The molecule has 2 N–H and O–H groups in total. The normalized spacial score (nSPS) is 14.3. The zero-order valence-electron chi connectivity index (χ0n) is 25.9. The Hall–Kier alpha value is -3.95. The molecule has 0 saturated heterocycles. The van der Waals surface area contributed by atoms with Gasteiger partial charge in [-0.05, 0) is 79.6 Å². The number of halogens is 1. The van der Waals surface area contributed by atoms with E-state index >= 15 is 0 Å². The van der Waals surface area contributed by atoms with Gasteiger partial charge in [-0.25, -0.2) is 4.68 Å². The minimum Gasteiger partial charge on any atom is -0.493 e. The largest absolute Gasteiger partial charge is 0.493 e. The second-order valence-corrected chi connectivity index (χ2v) is 12.6. The van der Waals surface area contributed by atoms with Crippen molar-refractivity contribution in [3.8, 4) is 11.5 Å². The third-order valence-electron chi connectivity index (χ3n) is 7.70. The van der Waals surface area contributed by atoms with Crippen LogP contribution in [-0.4, -0.2) is 34.4 Å². The van der Waals surface area contributed by atoms with Crippen molar-refractivity contribution in [1.82, 2.24) is 14.8 Å². The van der Waals surface area contributed by atoms with Gasteiger partial charge in [0.25, 0.3) is 5.91 Å². The molecular formula is C34H38ClN5O3S. The number of aryl methyl sites for hydroxylation is 1. The summed E-state index contributed by atoms with van der Waals surface area (Å²) in [6.07, 6.45) is 0.931. The number of amides is 1. The van der Waals surface area contributed by atoms with Crippen LogP contribution in [0.4, 0.5) is 11.6 Å². The average Bonchev–Trinajstić information content (AvgIpc) is 3.40. The molecule has 1 unspecified atom stereocenters. The predicted molar refractivity (Wildman–Crippen MR) is 178 cm³/mol. The first-order valence-electron chi connectivity index (χ1n) is 14.6. The van der Waals surface area contributed by atoms with E-state index in [1.165, 1.54) is 11.8 Å². The molecule has 1 atom stereocenters. The number of anilines is 2. The maximum absolute atomic E-state index is 14.1. The van der Waals surface area contributed by atoms with Crippen LogP contribution in [0.2, 0.25) is 5.02 Å². The summed E-state index contributed by atoms with van der Waals surface area (Å²) in [4.78, 5) is 18.9. The van der Waals surface area contributed by atoms with Crippen molar-refractivity contribution < 1.29 is 14.3 Å². The number of rotatable bonds is 11. The lowest BCUT2D eigenvalue weighted by Gasteiger charge is -2.29. The van der Waals surface area contributed by atoms with E-state index in [0.29, 0.717) is 57.2 Å². The van der Waals surface area contributed by atoms with Gasteiger partial charge in [0.05, 0.1) is 19.3 Å². The molecule has 5 rings (SSSR count). The molecular weight excluding hydrogens is 594 g/mol. The zero-order valence-corrected chi connectivity index (χ0v) is 27.5. The standard InChI is InChI=1S/C34H38ClN5O3S/c1-20(2)16-17-43-28-15-14-24(18-29(28)42-6)31-30(32(41)37-27-13-9-10-21(3)22(27)4)23(5)36-33-38-34(39-40(31)33)44-19-25-11-7-8-12-26(25)35/h7-15,18,20,31H,16-17,19H2,1-6H3,(H,37,41)(H,36,38,39). The molecule has 4 aromatic rings. The molecule has 0 bridgehead atoms. The van der Waals surface area contributed by atoms with Crippen molar-refractivity contribution in [2.75, 3.05) is 24.4 Å². The van der Waals surface area contributed by atoms with Gasteiger partial charge < -0.3 is 20.1 Å². The number of hydrogen-bond donors (Lipinski definition) is 2. The molecule has 0 saturated carbocycles. The monoisotopic (exact) mass is 631 g/mol. The highest BCUT2D eigenvalue weighted by Crippen LogP contribution is 2.40. The summed E-state index contributed by atoms with van der Waals surface area (Å²) in [5.74, 6) is 2.70. The number of carbonyl (C=O) groups is 1. The number of allylic oxidation sites excluding steroid dienone is 1. The second-order valence-electron chi connectivity index (χ2n) is 11.3. The second kappa shape index (κ2) is 13.8. The van der Waals surface area contributed by atoms with Gasteiger partial charge in [0.1, 0.15) is 6.04 Å². The van der Waals surface area contributed by atoms with Gasteiger partial charge in [0.2, 0.25) is 11.1 Å². The molecule has 1 aliphatic rings. The molecule has 0 radical (unpaired) electrons. The van der Waals surface area contributed by atoms with Gasteiger partial charge in [-0.15, -0.1) is 5.10 Å². The Morgan fingerprint density at radius 2 is 1.89 bits per heavy atom. The maximum atomic E-state index is 14.1. The predicted octanol–water partition coefficient (Wildman–Crippen LogP) is 8.20. The van der Waals surface area contributed by atoms with E-state index < -0.39 is 6.04 Å². The first-order chi connectivity index (χ1) is 21.2. The van der Waals surface area contributed by atoms with Gasteiger partial charge in [-0.1, -0.05) is 73.6 Å². The SMILES string of the molecule is COc1cc(C2C(C(=O)Nc3cccc(C)c3C)=C(C)Nc3nc(SCc4ccccc4Cl)nn32)ccc1OCCC(C)C. The molecule has 0 aliphatic carbocycles. The van der Waals surface area contributed by atoms with Crippen LogP contribution in [0.15, 0.2) is 77.1 Å². The van der Waals surface area contributed by atoms with Crippen LogP contribution in [0, 0.1) is 19.8 Å². The quantitative estimate of drug-likeness (QED) is 0.161. The number of carbonyl (C=O) groups excluding carboxylic acids is 1. The van der Waals surface area contributed by atoms with Crippen molar-refractivity contribution in [2.24, 2.45) is 5.92 Å². The van der Waals surface area contributed by atoms with Crippen molar-refractivity contribution >= 4 is 40.9 Å². The Morgan fingerprint density at radius 3 is 2.64 bits per heavy atom. The number of nitrogens with zero attached hydrogens (tertiary/aromatic N) is 3. The topological polar surface area (TPSA) is 90.3 Å². The number of benzene rings is 3. The highest BCUT2D eigenvalue weighted by molar-refractivity contribution is 7.98. The van der Waals surface area contributed by atoms with Crippen LogP contribution in [0.5, 0.6) is 11.5 Å². The molecule has 10 heteroatoms. The van der Waals surface area contributed by atoms with E-state index in [1.807, 2.05) is 81.4 Å². The van der Waals surface area contributed by atoms with Crippen LogP contribution in [0.1, 0.15) is 55.5 Å². The fourth-order valence-corrected chi connectivity index (χ4v) is 6.12. The van der Waals surface area contributed by atoms with Crippen molar-refractivity contribution in [3.05, 3.63) is 99.2 Å². The van der Waals surface area contributed by atoms with Gasteiger partial charge in [0, 0.05) is 22.2 Å². The van der Waals surface area contributed by atoms with Gasteiger partial charge in [-0.3, -0.25) is 4.79 Å². The number of thioether (sulfide) groups is 1. The van der Waals surface area contributed by atoms with Gasteiger partial charge >= 0.3 is 0 Å². The molecule has 1 aliphatic heterocycles. The molecule has 3 aromatic carbocycles. The minimum absolute atomic E-state index is 0.226. The average molecular weight is 632 g/mol. The number of methoxy groups -OCH3 is 1. The van der Waals surface area contributed by atoms with Crippen molar-refractivity contribution in [2.45, 2.75) is 58.0 Å². The molecule has 1 aromatic heterocycles. The zero-order chi connectivity index (χ0) is 31.4. The molecule has 0 spiro atoms. The highest BCUT2D eigenvalue weighted by Gasteiger charge is 2.35. The number of nitrogens with one attached hydrogen (secondary N) is 2. The molecule has 44 heavy (non-hydrogen) atoms. The highest BCUT2D eigenvalue weighted by atomic mass is 35.5. The van der Waals surface area contributed by atoms with E-state index in [-0.39, 0.29) is 5.91 Å². The summed E-state index contributed by atoms with van der Waals surface area (Å²) in [6, 6.07) is 18.8. The molecule has 230 valence electrons. The number of fused-ring (bicyclic) bond motifs is 1. The Labute approximate surface area is 268 Å². The lowest BCUT2D eigenvalue weighted by atomic mass is 9.94. The van der Waals surface area contributed by atoms with Crippen LogP contribution in [-0.2, 0) is 10.5 Å². The van der Waals surface area contributed by atoms with Crippen LogP contribution in [0.3, 0.4) is 0 Å². The Morgan fingerprint density at radius 1 is 1.09 bits per heavy atom. The maximum Gasteiger partial charge on any atom is 0.255 e. The molecule has 0 fully saturated rings. The smallest absolute Gasteiger partial charge is 0.255 e. The minimum atomic E-state index is -0.572. The number of ether oxygens (including phenoxy) is 2. The molecule has 2 heterocycles. The summed E-state index contributed by atoms with van der Waals surface area (Å²) in [5, 5.41) is 12.6. The summed E-state index contributed by atoms with van der Waals surface area (Å²) < 4.78 is 13.6. The van der Waals surface area contributed by atoms with E-state index in [1.54, 1.807) is 11.8 Å². The molecule has 8 nitrogen and oxygen atoms in total. The Balaban J connectivity index is 1.52. The lowest BCUT2D eigenvalue weighted by Crippen LogP contribution is -2.31. The summed E-state index contributed by atoms with van der Waals surface area (Å²) >= 11 is 7.88. The van der Waals surface area contributed by atoms with Crippen molar-refractivity contribution in [3.63, 3.8) is 0 Å². The lowest BCUT2D eigenvalue weighted by molar-refractivity contribution is -0.113. The fourth-order valence-electron chi connectivity index (χ4n) is 5.01. The van der Waals surface area contributed by atoms with Crippen molar-refractivity contribution in [1.29, 1.82) is 0 Å². The Kier molecular flexibility index (Phi) is 9.86. The summed E-state index contributed by atoms with van der Waals surface area (Å²) in [6.45, 7) is 10.8. The fraction of sp³-hybridized carbons (Fsp3) is 0.324. The summed E-state index contributed by atoms with van der Waals surface area (Å²) in [7, 11) is 1.62. The summed E-state index contributed by atoms with van der Waals surface area (Å²) in [5.41, 5.74) is 5.92. The van der Waals surface area contributed by atoms with Crippen LogP contribution >= 0.6 is 23.4 Å². The molecule has 1 amide bonds. The van der Waals surface area contributed by atoms with Crippen LogP contribution < -0.4 is 20.1 Å².